The van der Waals surface area contributed by atoms with Gasteiger partial charge in [-0.25, -0.2) is 4.98 Å². The molecule has 1 N–H and O–H groups in total. The van der Waals surface area contributed by atoms with Gasteiger partial charge >= 0.3 is 0 Å². The molecule has 1 aliphatic rings. The van der Waals surface area contributed by atoms with Gasteiger partial charge in [0.2, 0.25) is 0 Å². The van der Waals surface area contributed by atoms with E-state index in [9.17, 15) is 4.79 Å². The fraction of sp³-hybridized carbons (Fsp3) is 0.263. The van der Waals surface area contributed by atoms with Crippen LogP contribution in [0, 0.1) is 0 Å². The zero-order valence-electron chi connectivity index (χ0n) is 13.5. The predicted molar refractivity (Wildman–Crippen MR) is 100 cm³/mol. The van der Waals surface area contributed by atoms with Crippen molar-refractivity contribution in [1.82, 2.24) is 14.9 Å². The Morgan fingerprint density at radius 2 is 1.96 bits per heavy atom. The van der Waals surface area contributed by atoms with Crippen LogP contribution in [0.4, 0.5) is 0 Å². The fourth-order valence-electron chi connectivity index (χ4n) is 3.52. The Balaban J connectivity index is 1.47. The van der Waals surface area contributed by atoms with Crippen molar-refractivity contribution in [3.8, 4) is 0 Å². The summed E-state index contributed by atoms with van der Waals surface area (Å²) in [6.45, 7) is 1.47. The standard InChI is InChI=1S/C19H17Cl2N3O/c20-16-4-3-13(10-17(16)21)19(25)24-8-5-12(6-9-24)15-11-23-18-14(15)2-1-7-22-18/h1-4,7,10-12H,5-6,8-9H2,(H,22,23). The van der Waals surface area contributed by atoms with Crippen molar-refractivity contribution in [2.45, 2.75) is 18.8 Å². The number of aromatic amines is 1. The largest absolute Gasteiger partial charge is 0.346 e. The number of amides is 1. The van der Waals surface area contributed by atoms with E-state index < -0.39 is 0 Å². The molecule has 1 saturated heterocycles. The maximum Gasteiger partial charge on any atom is 0.253 e. The molecule has 3 aromatic rings. The van der Waals surface area contributed by atoms with Crippen LogP contribution in [-0.4, -0.2) is 33.9 Å². The number of fused-ring (bicyclic) bond motifs is 1. The number of aromatic nitrogens is 2. The molecule has 1 aromatic carbocycles. The molecule has 1 fully saturated rings. The summed E-state index contributed by atoms with van der Waals surface area (Å²) in [5, 5.41) is 2.05. The van der Waals surface area contributed by atoms with Gasteiger partial charge in [0.05, 0.1) is 10.0 Å². The summed E-state index contributed by atoms with van der Waals surface area (Å²) in [5.41, 5.74) is 2.81. The molecule has 128 valence electrons. The van der Waals surface area contributed by atoms with Crippen LogP contribution in [0.5, 0.6) is 0 Å². The third kappa shape index (κ3) is 3.12. The minimum Gasteiger partial charge on any atom is -0.346 e. The Kier molecular flexibility index (Phi) is 4.40. The van der Waals surface area contributed by atoms with E-state index in [0.29, 0.717) is 21.5 Å². The number of hydrogen-bond donors (Lipinski definition) is 1. The molecule has 4 nitrogen and oxygen atoms in total. The van der Waals surface area contributed by atoms with Crippen molar-refractivity contribution < 1.29 is 4.79 Å². The van der Waals surface area contributed by atoms with Crippen LogP contribution in [0.1, 0.15) is 34.7 Å². The van der Waals surface area contributed by atoms with Crippen molar-refractivity contribution in [3.05, 3.63) is 63.9 Å². The summed E-state index contributed by atoms with van der Waals surface area (Å²) in [6, 6.07) is 9.10. The van der Waals surface area contributed by atoms with Gasteiger partial charge in [0, 0.05) is 36.4 Å². The lowest BCUT2D eigenvalue weighted by atomic mass is 9.89. The summed E-state index contributed by atoms with van der Waals surface area (Å²) < 4.78 is 0. The summed E-state index contributed by atoms with van der Waals surface area (Å²) in [4.78, 5) is 22.2. The maximum absolute atomic E-state index is 12.7. The van der Waals surface area contributed by atoms with Crippen molar-refractivity contribution >= 4 is 40.1 Å². The van der Waals surface area contributed by atoms with E-state index in [1.807, 2.05) is 11.0 Å². The predicted octanol–water partition coefficient (Wildman–Crippen LogP) is 4.89. The summed E-state index contributed by atoms with van der Waals surface area (Å²) in [6.07, 6.45) is 5.73. The Morgan fingerprint density at radius 1 is 1.16 bits per heavy atom. The first-order chi connectivity index (χ1) is 12.1. The molecular weight excluding hydrogens is 357 g/mol. The highest BCUT2D eigenvalue weighted by Crippen LogP contribution is 2.33. The van der Waals surface area contributed by atoms with Crippen LogP contribution < -0.4 is 0 Å². The zero-order chi connectivity index (χ0) is 17.4. The lowest BCUT2D eigenvalue weighted by Crippen LogP contribution is -2.37. The SMILES string of the molecule is O=C(c1ccc(Cl)c(Cl)c1)N1CCC(c2c[nH]c3ncccc23)CC1. The number of nitrogens with one attached hydrogen (secondary N) is 1. The van der Waals surface area contributed by atoms with E-state index in [4.69, 9.17) is 23.2 Å². The number of likely N-dealkylation sites (tertiary alicyclic amines) is 1. The summed E-state index contributed by atoms with van der Waals surface area (Å²) >= 11 is 12.0. The second-order valence-electron chi connectivity index (χ2n) is 6.34. The van der Waals surface area contributed by atoms with E-state index in [2.05, 4.69) is 22.2 Å². The molecule has 1 aliphatic heterocycles. The number of piperidine rings is 1. The number of carbonyl (C=O) groups is 1. The first-order valence-corrected chi connectivity index (χ1v) is 9.05. The second kappa shape index (κ2) is 6.70. The molecule has 3 heterocycles. The number of pyridine rings is 1. The number of hydrogen-bond acceptors (Lipinski definition) is 2. The smallest absolute Gasteiger partial charge is 0.253 e. The molecule has 0 atom stereocenters. The van der Waals surface area contributed by atoms with Gasteiger partial charge in [-0.1, -0.05) is 23.2 Å². The van der Waals surface area contributed by atoms with Gasteiger partial charge in [-0.3, -0.25) is 4.79 Å². The molecule has 0 bridgehead atoms. The average Bonchev–Trinajstić information content (AvgIpc) is 3.08. The van der Waals surface area contributed by atoms with Gasteiger partial charge in [0.1, 0.15) is 5.65 Å². The Morgan fingerprint density at radius 3 is 2.72 bits per heavy atom. The number of nitrogens with zero attached hydrogens (tertiary/aromatic N) is 2. The molecule has 0 radical (unpaired) electrons. The van der Waals surface area contributed by atoms with Gasteiger partial charge in [0.25, 0.3) is 5.91 Å². The first kappa shape index (κ1) is 16.4. The van der Waals surface area contributed by atoms with E-state index >= 15 is 0 Å². The highest BCUT2D eigenvalue weighted by molar-refractivity contribution is 6.42. The van der Waals surface area contributed by atoms with Gasteiger partial charge in [-0.2, -0.15) is 0 Å². The molecule has 1 amide bonds. The van der Waals surface area contributed by atoms with Crippen LogP contribution in [0.15, 0.2) is 42.7 Å². The van der Waals surface area contributed by atoms with Crippen molar-refractivity contribution in [2.24, 2.45) is 0 Å². The average molecular weight is 374 g/mol. The number of benzene rings is 1. The summed E-state index contributed by atoms with van der Waals surface area (Å²) in [7, 11) is 0. The molecule has 2 aromatic heterocycles. The number of rotatable bonds is 2. The van der Waals surface area contributed by atoms with Crippen LogP contribution in [0.3, 0.4) is 0 Å². The van der Waals surface area contributed by atoms with Gasteiger partial charge in [-0.05, 0) is 54.7 Å². The molecule has 25 heavy (non-hydrogen) atoms. The zero-order valence-corrected chi connectivity index (χ0v) is 15.0. The summed E-state index contributed by atoms with van der Waals surface area (Å²) in [5.74, 6) is 0.452. The fourth-order valence-corrected chi connectivity index (χ4v) is 3.82. The van der Waals surface area contributed by atoms with Crippen molar-refractivity contribution in [3.63, 3.8) is 0 Å². The molecule has 0 aliphatic carbocycles. The molecular formula is C19H17Cl2N3O. The van der Waals surface area contributed by atoms with Crippen LogP contribution in [0.25, 0.3) is 11.0 Å². The Labute approximate surface area is 155 Å². The van der Waals surface area contributed by atoms with Crippen LogP contribution in [-0.2, 0) is 0 Å². The van der Waals surface area contributed by atoms with Gasteiger partial charge < -0.3 is 9.88 Å². The van der Waals surface area contributed by atoms with E-state index in [1.165, 1.54) is 10.9 Å². The van der Waals surface area contributed by atoms with E-state index in [1.54, 1.807) is 24.4 Å². The lowest BCUT2D eigenvalue weighted by Gasteiger charge is -2.32. The number of H-pyrrole nitrogens is 1. The van der Waals surface area contributed by atoms with E-state index in [-0.39, 0.29) is 5.91 Å². The molecule has 0 saturated carbocycles. The quantitative estimate of drug-likeness (QED) is 0.694. The highest BCUT2D eigenvalue weighted by atomic mass is 35.5. The molecule has 0 unspecified atom stereocenters. The third-order valence-electron chi connectivity index (χ3n) is 4.87. The van der Waals surface area contributed by atoms with Gasteiger partial charge in [-0.15, -0.1) is 0 Å². The normalized spacial score (nSPS) is 15.7. The minimum absolute atomic E-state index is 0.0117. The lowest BCUT2D eigenvalue weighted by molar-refractivity contribution is 0.0713. The molecule has 0 spiro atoms. The first-order valence-electron chi connectivity index (χ1n) is 8.30. The number of halogens is 2. The molecule has 6 heteroatoms. The van der Waals surface area contributed by atoms with Crippen molar-refractivity contribution in [2.75, 3.05) is 13.1 Å². The number of carbonyl (C=O) groups excluding carboxylic acids is 1. The van der Waals surface area contributed by atoms with Crippen LogP contribution in [0.2, 0.25) is 10.0 Å². The topological polar surface area (TPSA) is 49.0 Å². The third-order valence-corrected chi connectivity index (χ3v) is 5.61. The second-order valence-corrected chi connectivity index (χ2v) is 7.15. The van der Waals surface area contributed by atoms with Crippen LogP contribution >= 0.6 is 23.2 Å². The molecule has 4 rings (SSSR count). The maximum atomic E-state index is 12.7. The van der Waals surface area contributed by atoms with Gasteiger partial charge in [0.15, 0.2) is 0 Å². The Hall–Kier alpha value is -2.04. The minimum atomic E-state index is 0.0117. The Bertz CT molecular complexity index is 929. The monoisotopic (exact) mass is 373 g/mol. The highest BCUT2D eigenvalue weighted by Gasteiger charge is 2.26. The van der Waals surface area contributed by atoms with E-state index in [0.717, 1.165) is 31.6 Å². The van der Waals surface area contributed by atoms with Crippen molar-refractivity contribution in [1.29, 1.82) is 0 Å².